The minimum Gasteiger partial charge on any atom is -0.465 e. The van der Waals surface area contributed by atoms with Gasteiger partial charge in [-0.1, -0.05) is 36.9 Å². The highest BCUT2D eigenvalue weighted by Gasteiger charge is 2.35. The Morgan fingerprint density at radius 3 is 2.29 bits per heavy atom. The summed E-state index contributed by atoms with van der Waals surface area (Å²) in [4.78, 5) is 11.5. The first-order valence-electron chi connectivity index (χ1n) is 11.0. The number of hydrogen-bond donors (Lipinski definition) is 1. The molecule has 0 bridgehead atoms. The minimum absolute atomic E-state index is 0.0893. The number of benzene rings is 3. The van der Waals surface area contributed by atoms with Gasteiger partial charge >= 0.3 is 12.1 Å². The van der Waals surface area contributed by atoms with E-state index in [1.165, 1.54) is 26.2 Å². The maximum Gasteiger partial charge on any atom is 0.419 e. The van der Waals surface area contributed by atoms with Crippen LogP contribution < -0.4 is 16.2 Å². The smallest absolute Gasteiger partial charge is 0.419 e. The maximum absolute atomic E-state index is 13.9. The van der Waals surface area contributed by atoms with Crippen LogP contribution in [0.4, 0.5) is 17.6 Å². The number of nitrogens with zero attached hydrogens (tertiary/aromatic N) is 1. The van der Waals surface area contributed by atoms with E-state index in [4.69, 9.17) is 5.73 Å². The van der Waals surface area contributed by atoms with Crippen molar-refractivity contribution in [2.75, 3.05) is 7.11 Å². The second kappa shape index (κ2) is 11.1. The number of nitrogens with two attached hydrogens (primary N) is 1. The number of carbonyl (C=O) groups excluding carboxylic acids is 1. The quantitative estimate of drug-likeness (QED) is 0.357. The molecule has 38 heavy (non-hydrogen) atoms. The highest BCUT2D eigenvalue weighted by atomic mass is 32.2. The summed E-state index contributed by atoms with van der Waals surface area (Å²) in [7, 11) is -3.30. The number of halogens is 4. The van der Waals surface area contributed by atoms with Crippen molar-refractivity contribution in [1.82, 2.24) is 4.31 Å². The highest BCUT2D eigenvalue weighted by molar-refractivity contribution is 7.89. The molecule has 0 amide bonds. The SMILES string of the molecule is C=c1cccc/c1=C/C(C)=C(\N)N(Cc1ccc(F)c(C(F)(F)F)c1)S(=O)(=O)c1ccc(C(=O)OC)cc1. The van der Waals surface area contributed by atoms with Crippen molar-refractivity contribution in [2.45, 2.75) is 24.5 Å². The Morgan fingerprint density at radius 1 is 1.08 bits per heavy atom. The van der Waals surface area contributed by atoms with Crippen molar-refractivity contribution in [3.8, 4) is 0 Å². The second-order valence-electron chi connectivity index (χ2n) is 8.25. The van der Waals surface area contributed by atoms with Gasteiger partial charge in [0.25, 0.3) is 10.0 Å². The van der Waals surface area contributed by atoms with Gasteiger partial charge in [-0.15, -0.1) is 0 Å². The molecule has 200 valence electrons. The number of alkyl halides is 3. The van der Waals surface area contributed by atoms with E-state index in [1.54, 1.807) is 30.3 Å². The number of ether oxygens (including phenoxy) is 1. The lowest BCUT2D eigenvalue weighted by Gasteiger charge is -2.26. The van der Waals surface area contributed by atoms with Gasteiger partial charge in [-0.05, 0) is 71.0 Å². The molecular weight excluding hydrogens is 524 g/mol. The first-order chi connectivity index (χ1) is 17.8. The molecule has 0 saturated carbocycles. The Morgan fingerprint density at radius 2 is 1.71 bits per heavy atom. The molecule has 0 atom stereocenters. The van der Waals surface area contributed by atoms with Crippen molar-refractivity contribution >= 4 is 28.6 Å². The van der Waals surface area contributed by atoms with Crippen molar-refractivity contribution in [3.63, 3.8) is 0 Å². The predicted octanol–water partition coefficient (Wildman–Crippen LogP) is 3.90. The van der Waals surface area contributed by atoms with Gasteiger partial charge in [0.1, 0.15) is 11.6 Å². The Labute approximate surface area is 217 Å². The van der Waals surface area contributed by atoms with Gasteiger partial charge in [-0.2, -0.15) is 13.2 Å². The molecule has 3 aromatic carbocycles. The van der Waals surface area contributed by atoms with Crippen LogP contribution in [0.15, 0.2) is 83.0 Å². The third-order valence-corrected chi connectivity index (χ3v) is 7.40. The lowest BCUT2D eigenvalue weighted by Crippen LogP contribution is -2.35. The lowest BCUT2D eigenvalue weighted by atomic mass is 10.1. The van der Waals surface area contributed by atoms with Gasteiger partial charge in [0.15, 0.2) is 0 Å². The van der Waals surface area contributed by atoms with Crippen LogP contribution in [0.3, 0.4) is 0 Å². The standard InChI is InChI=1S/C27H24F4N2O4S/c1-17-6-4-5-7-21(17)14-18(2)25(32)33(16-19-8-13-24(28)23(15-19)27(29,30)31)38(35,36)22-11-9-20(10-12-22)26(34)37-3/h4-15H,1,16,32H2,2-3H3/b21-14-,25-18+. The molecule has 0 unspecified atom stereocenters. The number of carbonyl (C=O) groups is 1. The summed E-state index contributed by atoms with van der Waals surface area (Å²) in [6.45, 7) is 4.81. The molecular formula is C27H24F4N2O4S. The second-order valence-corrected chi connectivity index (χ2v) is 10.1. The largest absolute Gasteiger partial charge is 0.465 e. The van der Waals surface area contributed by atoms with E-state index >= 15 is 0 Å². The molecule has 0 saturated heterocycles. The molecule has 0 radical (unpaired) electrons. The molecule has 0 aliphatic rings. The van der Waals surface area contributed by atoms with Crippen LogP contribution in [0.2, 0.25) is 0 Å². The summed E-state index contributed by atoms with van der Waals surface area (Å²) in [5, 5.41) is 1.29. The van der Waals surface area contributed by atoms with E-state index in [0.29, 0.717) is 22.6 Å². The van der Waals surface area contributed by atoms with Gasteiger partial charge in [0.05, 0.1) is 29.7 Å². The summed E-state index contributed by atoms with van der Waals surface area (Å²) in [5.41, 5.74) is 4.98. The zero-order chi connectivity index (χ0) is 28.3. The van der Waals surface area contributed by atoms with Crippen LogP contribution in [0.1, 0.15) is 28.4 Å². The molecule has 3 aromatic rings. The average Bonchev–Trinajstić information content (AvgIpc) is 2.87. The van der Waals surface area contributed by atoms with Crippen molar-refractivity contribution < 1.29 is 35.5 Å². The summed E-state index contributed by atoms with van der Waals surface area (Å²) in [6, 6.07) is 14.0. The molecule has 3 rings (SSSR count). The lowest BCUT2D eigenvalue weighted by molar-refractivity contribution is -0.140. The minimum atomic E-state index is -4.99. The molecule has 0 aromatic heterocycles. The van der Waals surface area contributed by atoms with Crippen LogP contribution in [0, 0.1) is 5.82 Å². The third-order valence-electron chi connectivity index (χ3n) is 5.63. The number of esters is 1. The fraction of sp³-hybridized carbons (Fsp3) is 0.148. The molecule has 0 spiro atoms. The normalized spacial score (nSPS) is 13.2. The topological polar surface area (TPSA) is 89.7 Å². The molecule has 2 N–H and O–H groups in total. The van der Waals surface area contributed by atoms with E-state index in [0.717, 1.165) is 22.5 Å². The van der Waals surface area contributed by atoms with E-state index in [9.17, 15) is 30.8 Å². The Balaban J connectivity index is 2.18. The molecule has 6 nitrogen and oxygen atoms in total. The van der Waals surface area contributed by atoms with Crippen molar-refractivity contribution in [1.29, 1.82) is 0 Å². The van der Waals surface area contributed by atoms with E-state index < -0.39 is 40.1 Å². The van der Waals surface area contributed by atoms with E-state index in [-0.39, 0.29) is 27.4 Å². The fourth-order valence-electron chi connectivity index (χ4n) is 3.54. The highest BCUT2D eigenvalue weighted by Crippen LogP contribution is 2.33. The zero-order valence-corrected chi connectivity index (χ0v) is 21.2. The first kappa shape index (κ1) is 28.5. The average molecular weight is 549 g/mol. The first-order valence-corrected chi connectivity index (χ1v) is 12.5. The van der Waals surface area contributed by atoms with Crippen LogP contribution in [0.25, 0.3) is 12.7 Å². The van der Waals surface area contributed by atoms with Crippen LogP contribution in [-0.2, 0) is 27.5 Å². The summed E-state index contributed by atoms with van der Waals surface area (Å²) in [5.74, 6) is -2.45. The Hall–Kier alpha value is -4.12. The zero-order valence-electron chi connectivity index (χ0n) is 20.4. The molecule has 0 aliphatic heterocycles. The maximum atomic E-state index is 13.9. The summed E-state index contributed by atoms with van der Waals surface area (Å²) in [6.07, 6.45) is -3.40. The third kappa shape index (κ3) is 6.23. The monoisotopic (exact) mass is 548 g/mol. The number of allylic oxidation sites excluding steroid dienone is 1. The van der Waals surface area contributed by atoms with Gasteiger partial charge in [-0.25, -0.2) is 21.9 Å². The van der Waals surface area contributed by atoms with Crippen molar-refractivity contribution in [3.05, 3.63) is 111 Å². The summed E-state index contributed by atoms with van der Waals surface area (Å²) >= 11 is 0. The van der Waals surface area contributed by atoms with Crippen LogP contribution in [-0.4, -0.2) is 25.8 Å². The number of hydrogen-bond acceptors (Lipinski definition) is 5. The van der Waals surface area contributed by atoms with Gasteiger partial charge in [0, 0.05) is 0 Å². The number of methoxy groups -OCH3 is 1. The van der Waals surface area contributed by atoms with E-state index in [2.05, 4.69) is 11.3 Å². The van der Waals surface area contributed by atoms with Gasteiger partial charge in [-0.3, -0.25) is 0 Å². The molecule has 11 heteroatoms. The van der Waals surface area contributed by atoms with E-state index in [1.807, 2.05) is 0 Å². The predicted molar refractivity (Wildman–Crippen MR) is 134 cm³/mol. The van der Waals surface area contributed by atoms with Gasteiger partial charge in [0.2, 0.25) is 0 Å². The van der Waals surface area contributed by atoms with Gasteiger partial charge < -0.3 is 10.5 Å². The van der Waals surface area contributed by atoms with Crippen LogP contribution in [0.5, 0.6) is 0 Å². The Bertz CT molecular complexity index is 1600. The van der Waals surface area contributed by atoms with Crippen LogP contribution >= 0.6 is 0 Å². The molecule has 0 aliphatic carbocycles. The number of rotatable bonds is 7. The fourth-order valence-corrected chi connectivity index (χ4v) is 5.00. The molecule has 0 fully saturated rings. The number of sulfonamides is 1. The molecule has 0 heterocycles. The summed E-state index contributed by atoms with van der Waals surface area (Å²) < 4.78 is 86.5. The Kier molecular flexibility index (Phi) is 8.31. The van der Waals surface area contributed by atoms with Crippen molar-refractivity contribution in [2.24, 2.45) is 5.73 Å².